The van der Waals surface area contributed by atoms with Crippen LogP contribution in [0, 0.1) is 0 Å². The minimum Gasteiger partial charge on any atom is -0.478 e. The molecule has 0 heterocycles. The fourth-order valence-electron chi connectivity index (χ4n) is 4.79. The van der Waals surface area contributed by atoms with Crippen molar-refractivity contribution in [2.75, 3.05) is 0 Å². The van der Waals surface area contributed by atoms with Crippen molar-refractivity contribution in [2.24, 2.45) is 0 Å². The minimum absolute atomic E-state index is 0.0475. The fourth-order valence-corrected chi connectivity index (χ4v) is 4.79. The van der Waals surface area contributed by atoms with Gasteiger partial charge in [0.25, 0.3) is 0 Å². The molecule has 2 nitrogen and oxygen atoms in total. The molecular weight excluding hydrogens is 332 g/mol. The van der Waals surface area contributed by atoms with E-state index in [0.29, 0.717) is 5.56 Å². The average Bonchev–Trinajstić information content (AvgIpc) is 2.96. The Morgan fingerprint density at radius 1 is 0.815 bits per heavy atom. The molecule has 0 bridgehead atoms. The molecular formula is C25H32O2. The van der Waals surface area contributed by atoms with E-state index in [0.717, 1.165) is 18.4 Å². The number of carboxylic acid groups (broad SMARTS) is 1. The first-order chi connectivity index (χ1) is 13.1. The monoisotopic (exact) mass is 364 g/mol. The van der Waals surface area contributed by atoms with E-state index in [1.807, 2.05) is 6.07 Å². The summed E-state index contributed by atoms with van der Waals surface area (Å²) < 4.78 is 0. The summed E-state index contributed by atoms with van der Waals surface area (Å²) in [7, 11) is 0. The van der Waals surface area contributed by atoms with E-state index in [9.17, 15) is 9.90 Å². The van der Waals surface area contributed by atoms with Gasteiger partial charge in [-0.15, -0.1) is 0 Å². The number of unbranched alkanes of at least 4 members (excludes halogenated alkanes) is 5. The highest BCUT2D eigenvalue weighted by Gasteiger charge is 2.42. The number of carbonyl (C=O) groups is 1. The molecule has 0 aromatic heterocycles. The standard InChI is InChI=1S/C25H32O2/c1-3-5-7-11-17-25(16-10-6-4-2)22-13-9-8-12-20(22)21-18-19(24(26)27)14-15-23(21)25/h8-9,12-15,18H,3-7,10-11,16-17H2,1-2H3,(H,26,27). The maximum Gasteiger partial charge on any atom is 0.335 e. The van der Waals surface area contributed by atoms with Gasteiger partial charge < -0.3 is 5.11 Å². The van der Waals surface area contributed by atoms with Gasteiger partial charge in [-0.1, -0.05) is 89.1 Å². The molecule has 1 atom stereocenters. The molecule has 1 aliphatic carbocycles. The first kappa shape index (κ1) is 19.7. The highest BCUT2D eigenvalue weighted by molar-refractivity contribution is 5.92. The molecule has 1 unspecified atom stereocenters. The van der Waals surface area contributed by atoms with Gasteiger partial charge in [0.1, 0.15) is 0 Å². The number of hydrogen-bond donors (Lipinski definition) is 1. The van der Waals surface area contributed by atoms with Gasteiger partial charge in [-0.3, -0.25) is 0 Å². The number of aromatic carboxylic acids is 1. The van der Waals surface area contributed by atoms with Gasteiger partial charge >= 0.3 is 5.97 Å². The molecule has 27 heavy (non-hydrogen) atoms. The third-order valence-corrected chi connectivity index (χ3v) is 6.18. The van der Waals surface area contributed by atoms with Gasteiger partial charge in [0.15, 0.2) is 0 Å². The molecule has 0 aliphatic heterocycles. The number of benzene rings is 2. The Kier molecular flexibility index (Phi) is 6.36. The summed E-state index contributed by atoms with van der Waals surface area (Å²) in [6.45, 7) is 4.51. The molecule has 0 spiro atoms. The van der Waals surface area contributed by atoms with E-state index in [4.69, 9.17) is 0 Å². The summed E-state index contributed by atoms with van der Waals surface area (Å²) >= 11 is 0. The lowest BCUT2D eigenvalue weighted by Gasteiger charge is -2.33. The first-order valence-corrected chi connectivity index (χ1v) is 10.6. The number of hydrogen-bond acceptors (Lipinski definition) is 1. The summed E-state index contributed by atoms with van der Waals surface area (Å²) in [5.74, 6) is -0.846. The molecule has 0 saturated carbocycles. The van der Waals surface area contributed by atoms with Crippen molar-refractivity contribution in [3.63, 3.8) is 0 Å². The van der Waals surface area contributed by atoms with E-state index in [1.54, 1.807) is 6.07 Å². The first-order valence-electron chi connectivity index (χ1n) is 10.6. The minimum atomic E-state index is -0.846. The van der Waals surface area contributed by atoms with Crippen molar-refractivity contribution in [1.82, 2.24) is 0 Å². The van der Waals surface area contributed by atoms with Crippen molar-refractivity contribution in [2.45, 2.75) is 77.0 Å². The van der Waals surface area contributed by atoms with Crippen LogP contribution in [-0.4, -0.2) is 11.1 Å². The predicted octanol–water partition coefficient (Wildman–Crippen LogP) is 7.20. The lowest BCUT2D eigenvalue weighted by atomic mass is 9.70. The largest absolute Gasteiger partial charge is 0.478 e. The van der Waals surface area contributed by atoms with Crippen molar-refractivity contribution in [3.05, 3.63) is 59.2 Å². The van der Waals surface area contributed by atoms with E-state index in [-0.39, 0.29) is 5.41 Å². The molecule has 0 radical (unpaired) electrons. The van der Waals surface area contributed by atoms with Gasteiger partial charge in [0, 0.05) is 5.41 Å². The summed E-state index contributed by atoms with van der Waals surface area (Å²) in [6.07, 6.45) is 11.1. The van der Waals surface area contributed by atoms with E-state index < -0.39 is 5.97 Å². The molecule has 144 valence electrons. The Morgan fingerprint density at radius 3 is 2.15 bits per heavy atom. The quantitative estimate of drug-likeness (QED) is 0.452. The van der Waals surface area contributed by atoms with Crippen LogP contribution in [0.3, 0.4) is 0 Å². The van der Waals surface area contributed by atoms with Crippen molar-refractivity contribution in [3.8, 4) is 11.1 Å². The maximum absolute atomic E-state index is 11.5. The Morgan fingerprint density at radius 2 is 1.44 bits per heavy atom. The van der Waals surface area contributed by atoms with Gasteiger partial charge in [0.05, 0.1) is 5.56 Å². The molecule has 0 fully saturated rings. The molecule has 1 aliphatic rings. The van der Waals surface area contributed by atoms with Crippen LogP contribution in [0.5, 0.6) is 0 Å². The van der Waals surface area contributed by atoms with Crippen LogP contribution < -0.4 is 0 Å². The predicted molar refractivity (Wildman–Crippen MR) is 113 cm³/mol. The average molecular weight is 365 g/mol. The van der Waals surface area contributed by atoms with E-state index in [2.05, 4.69) is 44.2 Å². The van der Waals surface area contributed by atoms with Crippen LogP contribution in [0.2, 0.25) is 0 Å². The summed E-state index contributed by atoms with van der Waals surface area (Å²) in [6, 6.07) is 14.5. The second-order valence-electron chi connectivity index (χ2n) is 7.96. The Hall–Kier alpha value is -2.09. The summed E-state index contributed by atoms with van der Waals surface area (Å²) in [5.41, 5.74) is 5.57. The second-order valence-corrected chi connectivity index (χ2v) is 7.96. The SMILES string of the molecule is CCCCCCC1(CCCCC)c2ccccc2-c2cc(C(=O)O)ccc21. The van der Waals surface area contributed by atoms with Crippen molar-refractivity contribution < 1.29 is 9.90 Å². The van der Waals surface area contributed by atoms with Crippen LogP contribution in [0.4, 0.5) is 0 Å². The number of carboxylic acids is 1. The summed E-state index contributed by atoms with van der Waals surface area (Å²) in [4.78, 5) is 11.5. The molecule has 0 saturated heterocycles. The molecule has 2 aromatic carbocycles. The lowest BCUT2D eigenvalue weighted by Crippen LogP contribution is -2.25. The zero-order chi connectivity index (χ0) is 19.3. The van der Waals surface area contributed by atoms with E-state index >= 15 is 0 Å². The Balaban J connectivity index is 2.06. The molecule has 1 N–H and O–H groups in total. The van der Waals surface area contributed by atoms with Crippen molar-refractivity contribution in [1.29, 1.82) is 0 Å². The van der Waals surface area contributed by atoms with Crippen LogP contribution >= 0.6 is 0 Å². The number of rotatable bonds is 10. The number of fused-ring (bicyclic) bond motifs is 3. The van der Waals surface area contributed by atoms with Gasteiger partial charge in [-0.05, 0) is 47.2 Å². The molecule has 2 aromatic rings. The molecule has 2 heteroatoms. The molecule has 3 rings (SSSR count). The smallest absolute Gasteiger partial charge is 0.335 e. The normalized spacial score (nSPS) is 17.6. The Bertz CT molecular complexity index is 793. The fraction of sp³-hybridized carbons (Fsp3) is 0.480. The van der Waals surface area contributed by atoms with Crippen LogP contribution in [0.1, 0.15) is 93.1 Å². The third kappa shape index (κ3) is 3.81. The Labute approximate surface area is 163 Å². The third-order valence-electron chi connectivity index (χ3n) is 6.18. The zero-order valence-corrected chi connectivity index (χ0v) is 16.8. The highest BCUT2D eigenvalue weighted by Crippen LogP contribution is 2.54. The second kappa shape index (κ2) is 8.73. The lowest BCUT2D eigenvalue weighted by molar-refractivity contribution is 0.0697. The zero-order valence-electron chi connectivity index (χ0n) is 16.8. The van der Waals surface area contributed by atoms with Crippen LogP contribution in [0.15, 0.2) is 42.5 Å². The summed E-state index contributed by atoms with van der Waals surface area (Å²) in [5, 5.41) is 9.47. The van der Waals surface area contributed by atoms with Crippen LogP contribution in [0.25, 0.3) is 11.1 Å². The van der Waals surface area contributed by atoms with Crippen molar-refractivity contribution >= 4 is 5.97 Å². The van der Waals surface area contributed by atoms with Gasteiger partial charge in [-0.25, -0.2) is 4.79 Å². The van der Waals surface area contributed by atoms with E-state index in [1.165, 1.54) is 61.6 Å². The topological polar surface area (TPSA) is 37.3 Å². The van der Waals surface area contributed by atoms with Gasteiger partial charge in [0.2, 0.25) is 0 Å². The van der Waals surface area contributed by atoms with Crippen LogP contribution in [-0.2, 0) is 5.41 Å². The van der Waals surface area contributed by atoms with Gasteiger partial charge in [-0.2, -0.15) is 0 Å². The maximum atomic E-state index is 11.5. The molecule has 0 amide bonds. The highest BCUT2D eigenvalue weighted by atomic mass is 16.4.